The van der Waals surface area contributed by atoms with E-state index in [1.165, 1.54) is 55.6 Å². The topological polar surface area (TPSA) is 51.8 Å². The van der Waals surface area contributed by atoms with Crippen molar-refractivity contribution in [2.24, 2.45) is 0 Å². The fourth-order valence-electron chi connectivity index (χ4n) is 11.2. The first-order chi connectivity index (χ1) is 33.7. The summed E-state index contributed by atoms with van der Waals surface area (Å²) in [6.07, 6.45) is 0. The SMILES string of the molecule is c1ccc(-c2cc(-c3ccccc3)cc(-c3nc(-c4ccc5c(c4)-c4ccccc4C54c5ccccc5-c5ccccc5-c5ccccc54)nc(-c4ccc5oc6ccccc6c5c4)n3)c2)cc1. The first kappa shape index (κ1) is 38.3. The van der Waals surface area contributed by atoms with Crippen molar-refractivity contribution in [3.8, 4) is 89.8 Å². The summed E-state index contributed by atoms with van der Waals surface area (Å²) in [5.41, 5.74) is 20.6. The minimum atomic E-state index is -0.583. The third-order valence-electron chi connectivity index (χ3n) is 14.1. The van der Waals surface area contributed by atoms with Gasteiger partial charge in [-0.15, -0.1) is 0 Å². The Morgan fingerprint density at radius 3 is 1.25 bits per heavy atom. The van der Waals surface area contributed by atoms with Crippen molar-refractivity contribution in [1.82, 2.24) is 15.0 Å². The molecule has 0 N–H and O–H groups in total. The van der Waals surface area contributed by atoms with Crippen LogP contribution in [0.5, 0.6) is 0 Å². The van der Waals surface area contributed by atoms with Gasteiger partial charge in [0.05, 0.1) is 5.41 Å². The molecular formula is C64H39N3O. The maximum absolute atomic E-state index is 6.28. The molecule has 0 atom stereocenters. The van der Waals surface area contributed by atoms with Crippen molar-refractivity contribution in [3.05, 3.63) is 259 Å². The van der Waals surface area contributed by atoms with Crippen LogP contribution in [0.1, 0.15) is 22.3 Å². The van der Waals surface area contributed by atoms with Crippen molar-refractivity contribution in [1.29, 1.82) is 0 Å². The Labute approximate surface area is 393 Å². The molecule has 2 aliphatic rings. The van der Waals surface area contributed by atoms with Crippen LogP contribution in [0, 0.1) is 0 Å². The normalized spacial score (nSPS) is 12.8. The van der Waals surface area contributed by atoms with Crippen LogP contribution in [0.3, 0.4) is 0 Å². The van der Waals surface area contributed by atoms with E-state index >= 15 is 0 Å². The molecule has 0 saturated heterocycles. The third kappa shape index (κ3) is 5.77. The van der Waals surface area contributed by atoms with Crippen LogP contribution in [-0.4, -0.2) is 15.0 Å². The van der Waals surface area contributed by atoms with E-state index in [-0.39, 0.29) is 0 Å². The Hall–Kier alpha value is -8.99. The van der Waals surface area contributed by atoms with Gasteiger partial charge in [0.15, 0.2) is 17.5 Å². The molecule has 4 heteroatoms. The second-order valence-corrected chi connectivity index (χ2v) is 17.8. The largest absolute Gasteiger partial charge is 0.456 e. The highest BCUT2D eigenvalue weighted by molar-refractivity contribution is 6.06. The van der Waals surface area contributed by atoms with Gasteiger partial charge in [0, 0.05) is 27.5 Å². The van der Waals surface area contributed by atoms with Crippen molar-refractivity contribution >= 4 is 21.9 Å². The Kier molecular flexibility index (Phi) is 8.46. The summed E-state index contributed by atoms with van der Waals surface area (Å²) in [6, 6.07) is 84.9. The van der Waals surface area contributed by atoms with E-state index in [2.05, 4.69) is 212 Å². The number of nitrogens with zero attached hydrogens (tertiary/aromatic N) is 3. The zero-order valence-electron chi connectivity index (χ0n) is 36.8. The molecule has 2 aromatic heterocycles. The smallest absolute Gasteiger partial charge is 0.164 e. The van der Waals surface area contributed by atoms with Gasteiger partial charge in [0.2, 0.25) is 0 Å². The first-order valence-corrected chi connectivity index (χ1v) is 23.2. The van der Waals surface area contributed by atoms with E-state index in [1.807, 2.05) is 24.3 Å². The molecule has 0 unspecified atom stereocenters. The quantitative estimate of drug-likeness (QED) is 0.173. The van der Waals surface area contributed by atoms with Gasteiger partial charge >= 0.3 is 0 Å². The predicted octanol–water partition coefficient (Wildman–Crippen LogP) is 16.1. The van der Waals surface area contributed by atoms with Crippen LogP contribution in [0.2, 0.25) is 0 Å². The fraction of sp³-hybridized carbons (Fsp3) is 0.0156. The summed E-state index contributed by atoms with van der Waals surface area (Å²) in [5.74, 6) is 1.79. The number of rotatable bonds is 5. The number of hydrogen-bond acceptors (Lipinski definition) is 4. The Morgan fingerprint density at radius 1 is 0.250 bits per heavy atom. The van der Waals surface area contributed by atoms with Gasteiger partial charge in [-0.25, -0.2) is 15.0 Å². The van der Waals surface area contributed by atoms with Crippen molar-refractivity contribution in [3.63, 3.8) is 0 Å². The van der Waals surface area contributed by atoms with Gasteiger partial charge in [0.1, 0.15) is 11.2 Å². The van der Waals surface area contributed by atoms with E-state index in [0.29, 0.717) is 17.5 Å². The predicted molar refractivity (Wildman–Crippen MR) is 276 cm³/mol. The Balaban J connectivity index is 1.02. The summed E-state index contributed by atoms with van der Waals surface area (Å²) < 4.78 is 6.28. The summed E-state index contributed by atoms with van der Waals surface area (Å²) in [5, 5.41) is 2.07. The molecule has 0 fully saturated rings. The molecule has 316 valence electrons. The van der Waals surface area contributed by atoms with Gasteiger partial charge in [-0.2, -0.15) is 0 Å². The molecule has 4 nitrogen and oxygen atoms in total. The highest BCUT2D eigenvalue weighted by atomic mass is 16.3. The first-order valence-electron chi connectivity index (χ1n) is 23.2. The van der Waals surface area contributed by atoms with Gasteiger partial charge in [-0.3, -0.25) is 0 Å². The average Bonchev–Trinajstić information content (AvgIpc) is 3.91. The summed E-state index contributed by atoms with van der Waals surface area (Å²) in [6.45, 7) is 0. The lowest BCUT2D eigenvalue weighted by Gasteiger charge is -2.35. The highest BCUT2D eigenvalue weighted by Crippen LogP contribution is 2.61. The van der Waals surface area contributed by atoms with Gasteiger partial charge in [-0.05, 0) is 126 Å². The number of para-hydroxylation sites is 1. The maximum Gasteiger partial charge on any atom is 0.164 e. The van der Waals surface area contributed by atoms with E-state index in [0.717, 1.165) is 60.9 Å². The second-order valence-electron chi connectivity index (χ2n) is 17.8. The molecule has 14 rings (SSSR count). The standard InChI is InChI=1S/C64H39N3O/c1-3-17-40(18-4-1)44-35-45(41-19-5-2-6-20-41)37-46(36-44)63-66-61(65-62(67-63)43-32-34-60-54(39-43)52-26-12-16-30-59(52)68-60)42-31-33-58-53(38-42)51-25-11-15-29-57(51)64(58)55-27-13-9-23-49(55)47-21-7-8-22-48(47)50-24-10-14-28-56(50)64/h1-39H. The molecule has 68 heavy (non-hydrogen) atoms. The van der Waals surface area contributed by atoms with E-state index < -0.39 is 5.41 Å². The monoisotopic (exact) mass is 865 g/mol. The molecule has 10 aromatic carbocycles. The molecule has 0 aliphatic heterocycles. The van der Waals surface area contributed by atoms with E-state index in [4.69, 9.17) is 19.4 Å². The zero-order chi connectivity index (χ0) is 44.8. The molecular weight excluding hydrogens is 827 g/mol. The van der Waals surface area contributed by atoms with Crippen LogP contribution in [0.25, 0.3) is 112 Å². The van der Waals surface area contributed by atoms with Crippen LogP contribution in [0.4, 0.5) is 0 Å². The summed E-state index contributed by atoms with van der Waals surface area (Å²) >= 11 is 0. The zero-order valence-corrected chi connectivity index (χ0v) is 36.8. The molecule has 12 aromatic rings. The van der Waals surface area contributed by atoms with Gasteiger partial charge in [-0.1, -0.05) is 188 Å². The number of hydrogen-bond donors (Lipinski definition) is 0. The van der Waals surface area contributed by atoms with E-state index in [9.17, 15) is 0 Å². The van der Waals surface area contributed by atoms with Crippen LogP contribution in [-0.2, 0) is 5.41 Å². The van der Waals surface area contributed by atoms with Crippen LogP contribution >= 0.6 is 0 Å². The maximum atomic E-state index is 6.28. The molecule has 0 radical (unpaired) electrons. The molecule has 1 spiro atoms. The minimum Gasteiger partial charge on any atom is -0.456 e. The fourth-order valence-corrected chi connectivity index (χ4v) is 11.2. The van der Waals surface area contributed by atoms with Crippen molar-refractivity contribution in [2.45, 2.75) is 5.41 Å². The van der Waals surface area contributed by atoms with Crippen LogP contribution in [0.15, 0.2) is 241 Å². The third-order valence-corrected chi connectivity index (χ3v) is 14.1. The number of fused-ring (bicyclic) bond motifs is 15. The number of benzene rings is 10. The van der Waals surface area contributed by atoms with E-state index in [1.54, 1.807) is 0 Å². The van der Waals surface area contributed by atoms with Gasteiger partial charge in [0.25, 0.3) is 0 Å². The lowest BCUT2D eigenvalue weighted by atomic mass is 9.66. The lowest BCUT2D eigenvalue weighted by molar-refractivity contribution is 0.669. The molecule has 2 heterocycles. The van der Waals surface area contributed by atoms with Crippen molar-refractivity contribution in [2.75, 3.05) is 0 Å². The number of aromatic nitrogens is 3. The molecule has 0 bridgehead atoms. The lowest BCUT2D eigenvalue weighted by Crippen LogP contribution is -2.29. The van der Waals surface area contributed by atoms with Gasteiger partial charge < -0.3 is 4.42 Å². The van der Waals surface area contributed by atoms with Crippen molar-refractivity contribution < 1.29 is 4.42 Å². The average molecular weight is 866 g/mol. The molecule has 0 amide bonds. The Bertz CT molecular complexity index is 3860. The highest BCUT2D eigenvalue weighted by Gasteiger charge is 2.49. The Morgan fingerprint density at radius 2 is 0.662 bits per heavy atom. The molecule has 0 saturated carbocycles. The molecule has 2 aliphatic carbocycles. The minimum absolute atomic E-state index is 0.583. The summed E-state index contributed by atoms with van der Waals surface area (Å²) in [7, 11) is 0. The van der Waals surface area contributed by atoms with Crippen LogP contribution < -0.4 is 0 Å². The number of furan rings is 1. The summed E-state index contributed by atoms with van der Waals surface area (Å²) in [4.78, 5) is 16.2. The second kappa shape index (κ2) is 15.0.